The molecule has 3 N–H and O–H groups in total. The van der Waals surface area contributed by atoms with E-state index in [-0.39, 0.29) is 58.8 Å². The Morgan fingerprint density at radius 1 is 1.00 bits per heavy atom. The molecule has 1 unspecified atom stereocenters. The molecule has 3 aromatic rings. The van der Waals surface area contributed by atoms with Crippen LogP contribution in [0.15, 0.2) is 60.7 Å². The number of hydrogen-bond donors (Lipinski definition) is 3. The van der Waals surface area contributed by atoms with Gasteiger partial charge < -0.3 is 20.1 Å². The van der Waals surface area contributed by atoms with E-state index >= 15 is 0 Å². The number of carboxylic acids is 1. The summed E-state index contributed by atoms with van der Waals surface area (Å²) in [4.78, 5) is 22.9. The molecule has 0 radical (unpaired) electrons. The van der Waals surface area contributed by atoms with Crippen molar-refractivity contribution in [2.45, 2.75) is 39.4 Å². The number of carbonyl (C=O) groups is 2. The van der Waals surface area contributed by atoms with Crippen molar-refractivity contribution in [1.82, 2.24) is 0 Å². The second kappa shape index (κ2) is 12.0. The molecule has 0 spiro atoms. The zero-order chi connectivity index (χ0) is 23.3. The van der Waals surface area contributed by atoms with Gasteiger partial charge in [-0.25, -0.2) is 4.79 Å². The molecule has 6 nitrogen and oxygen atoms in total. The summed E-state index contributed by atoms with van der Waals surface area (Å²) in [7, 11) is 0. The number of aromatic carboxylic acids is 1. The van der Waals surface area contributed by atoms with Crippen molar-refractivity contribution in [3.05, 3.63) is 94.0 Å². The van der Waals surface area contributed by atoms with Gasteiger partial charge in [-0.3, -0.25) is 4.79 Å². The van der Waals surface area contributed by atoms with Crippen LogP contribution in [-0.2, 0) is 13.0 Å². The van der Waals surface area contributed by atoms with Gasteiger partial charge in [0.2, 0.25) is 0 Å². The number of rotatable bonds is 9. The van der Waals surface area contributed by atoms with E-state index in [1.807, 2.05) is 19.1 Å². The van der Waals surface area contributed by atoms with Crippen molar-refractivity contribution in [2.75, 3.05) is 0 Å². The second-order valence-electron chi connectivity index (χ2n) is 7.61. The Labute approximate surface area is 215 Å². The number of phenols is 1. The fraction of sp³-hybridized carbons (Fsp3) is 0.231. The quantitative estimate of drug-likeness (QED) is 0.327. The topological polar surface area (TPSA) is 104 Å². The van der Waals surface area contributed by atoms with Gasteiger partial charge in [0.15, 0.2) is 5.78 Å². The number of benzene rings is 3. The van der Waals surface area contributed by atoms with Gasteiger partial charge in [0.1, 0.15) is 24.2 Å². The number of ketones is 1. The molecule has 0 aliphatic rings. The molecule has 0 amide bonds. The normalized spacial score (nSPS) is 11.4. The number of carbonyl (C=O) groups excluding carboxylic acids is 1. The first kappa shape index (κ1) is 26.6. The Hall–Kier alpha value is -2.64. The standard InChI is InChI=1S/C26H26O6.Na.H/c1-3-5-22-23(13-12-21(16(2)27)25(22)29)32-15-17-8-10-18(11-9-17)24(28)19-6-4-7-20(14-19)26(30)31;;/h4,6-14,24,28-29H,3,5,15H2,1-2H3,(H,30,31);;. The van der Waals surface area contributed by atoms with Crippen LogP contribution < -0.4 is 4.74 Å². The number of phenolic OH excluding ortho intramolecular Hbond substituents is 1. The molecule has 0 saturated carbocycles. The number of aliphatic hydroxyl groups excluding tert-OH is 1. The minimum absolute atomic E-state index is 0. The minimum atomic E-state index is -1.05. The molecule has 33 heavy (non-hydrogen) atoms. The van der Waals surface area contributed by atoms with Crippen LogP contribution in [0.25, 0.3) is 0 Å². The number of carboxylic acid groups (broad SMARTS) is 1. The number of aromatic hydroxyl groups is 1. The van der Waals surface area contributed by atoms with Gasteiger partial charge in [0, 0.05) is 5.56 Å². The first-order valence-electron chi connectivity index (χ1n) is 10.4. The fourth-order valence-electron chi connectivity index (χ4n) is 3.52. The predicted octanol–water partition coefficient (Wildman–Crippen LogP) is 4.26. The molecule has 0 aliphatic carbocycles. The third-order valence-corrected chi connectivity index (χ3v) is 5.26. The third kappa shape index (κ3) is 6.45. The monoisotopic (exact) mass is 458 g/mol. The van der Waals surface area contributed by atoms with E-state index in [2.05, 4.69) is 0 Å². The van der Waals surface area contributed by atoms with Crippen LogP contribution in [-0.4, -0.2) is 56.6 Å². The van der Waals surface area contributed by atoms with Crippen LogP contribution in [0.3, 0.4) is 0 Å². The number of hydrogen-bond acceptors (Lipinski definition) is 5. The van der Waals surface area contributed by atoms with Crippen molar-refractivity contribution in [1.29, 1.82) is 0 Å². The van der Waals surface area contributed by atoms with Gasteiger partial charge >= 0.3 is 35.5 Å². The van der Waals surface area contributed by atoms with Crippen molar-refractivity contribution < 1.29 is 29.6 Å². The molecule has 3 rings (SSSR count). The van der Waals surface area contributed by atoms with Gasteiger partial charge in [-0.05, 0) is 54.3 Å². The molecule has 3 aromatic carbocycles. The average Bonchev–Trinajstić information content (AvgIpc) is 2.79. The summed E-state index contributed by atoms with van der Waals surface area (Å²) in [5.41, 5.74) is 3.01. The van der Waals surface area contributed by atoms with Crippen LogP contribution in [0, 0.1) is 0 Å². The first-order chi connectivity index (χ1) is 15.3. The van der Waals surface area contributed by atoms with Gasteiger partial charge in [0.05, 0.1) is 11.1 Å². The molecule has 0 saturated heterocycles. The predicted molar refractivity (Wildman–Crippen MR) is 127 cm³/mol. The van der Waals surface area contributed by atoms with Crippen molar-refractivity contribution in [3.8, 4) is 11.5 Å². The maximum atomic E-state index is 11.7. The van der Waals surface area contributed by atoms with E-state index in [9.17, 15) is 19.8 Å². The SMILES string of the molecule is CCCc1c(OCc2ccc(C(O)c3cccc(C(=O)O)c3)cc2)ccc(C(C)=O)c1O.[NaH]. The Morgan fingerprint density at radius 2 is 1.70 bits per heavy atom. The zero-order valence-corrected chi connectivity index (χ0v) is 18.0. The summed E-state index contributed by atoms with van der Waals surface area (Å²) >= 11 is 0. The van der Waals surface area contributed by atoms with Crippen LogP contribution >= 0.6 is 0 Å². The molecule has 7 heteroatoms. The number of aliphatic hydroxyl groups is 1. The average molecular weight is 458 g/mol. The molecule has 0 aliphatic heterocycles. The Bertz CT molecular complexity index is 1120. The van der Waals surface area contributed by atoms with Gasteiger partial charge in [0.25, 0.3) is 0 Å². The van der Waals surface area contributed by atoms with Crippen LogP contribution in [0.4, 0.5) is 0 Å². The zero-order valence-electron chi connectivity index (χ0n) is 18.0. The Kier molecular flexibility index (Phi) is 9.68. The summed E-state index contributed by atoms with van der Waals surface area (Å²) in [5.74, 6) is -0.742. The molecular weight excluding hydrogens is 431 g/mol. The van der Waals surface area contributed by atoms with Crippen LogP contribution in [0.1, 0.15) is 69.3 Å². The third-order valence-electron chi connectivity index (χ3n) is 5.26. The van der Waals surface area contributed by atoms with E-state index in [1.54, 1.807) is 36.4 Å². The van der Waals surface area contributed by atoms with E-state index in [4.69, 9.17) is 9.84 Å². The molecule has 168 valence electrons. The van der Waals surface area contributed by atoms with Gasteiger partial charge in [-0.1, -0.05) is 49.7 Å². The summed E-state index contributed by atoms with van der Waals surface area (Å²) in [6.45, 7) is 3.65. The van der Waals surface area contributed by atoms with Crippen molar-refractivity contribution in [2.24, 2.45) is 0 Å². The van der Waals surface area contributed by atoms with E-state index in [0.717, 1.165) is 12.0 Å². The molecular formula is C26H27NaO6. The van der Waals surface area contributed by atoms with Crippen LogP contribution in [0.5, 0.6) is 11.5 Å². The molecule has 0 heterocycles. The fourth-order valence-corrected chi connectivity index (χ4v) is 3.52. The molecule has 0 fully saturated rings. The summed E-state index contributed by atoms with van der Waals surface area (Å²) in [5, 5.41) is 30.2. The number of ether oxygens (including phenoxy) is 1. The van der Waals surface area contributed by atoms with Gasteiger partial charge in [-0.2, -0.15) is 0 Å². The summed E-state index contributed by atoms with van der Waals surface area (Å²) in [6.07, 6.45) is 0.431. The maximum absolute atomic E-state index is 11.7. The molecule has 0 bridgehead atoms. The van der Waals surface area contributed by atoms with Crippen LogP contribution in [0.2, 0.25) is 0 Å². The number of Topliss-reactive ketones (excluding diaryl/α,β-unsaturated/α-hetero) is 1. The Balaban J connectivity index is 0.00000385. The van der Waals surface area contributed by atoms with E-state index in [0.29, 0.717) is 28.9 Å². The second-order valence-corrected chi connectivity index (χ2v) is 7.61. The summed E-state index contributed by atoms with van der Waals surface area (Å²) in [6, 6.07) is 16.7. The Morgan fingerprint density at radius 3 is 2.30 bits per heavy atom. The first-order valence-corrected chi connectivity index (χ1v) is 10.4. The van der Waals surface area contributed by atoms with Gasteiger partial charge in [-0.15, -0.1) is 0 Å². The van der Waals surface area contributed by atoms with E-state index < -0.39 is 12.1 Å². The van der Waals surface area contributed by atoms with Crippen molar-refractivity contribution in [3.63, 3.8) is 0 Å². The van der Waals surface area contributed by atoms with Crippen molar-refractivity contribution >= 4 is 41.3 Å². The molecule has 0 aromatic heterocycles. The summed E-state index contributed by atoms with van der Waals surface area (Å²) < 4.78 is 5.92. The van der Waals surface area contributed by atoms with E-state index in [1.165, 1.54) is 19.1 Å². The molecule has 1 atom stereocenters.